The van der Waals surface area contributed by atoms with E-state index < -0.39 is 12.1 Å². The largest absolute Gasteiger partial charge is 0.485 e. The summed E-state index contributed by atoms with van der Waals surface area (Å²) in [4.78, 5) is 47.3. The average molecular weight is 582 g/mol. The highest BCUT2D eigenvalue weighted by molar-refractivity contribution is 6.07. The number of fused-ring (bicyclic) bond motifs is 2. The fourth-order valence-corrected chi connectivity index (χ4v) is 5.16. The van der Waals surface area contributed by atoms with Crippen LogP contribution in [0, 0.1) is 5.92 Å². The van der Waals surface area contributed by atoms with Gasteiger partial charge in [-0.15, -0.1) is 0 Å². The average Bonchev–Trinajstić information content (AvgIpc) is 3.03. The standard InChI is InChI=1S/C33H35N5O5/c1-21-18-38(22(2)20-39)32(41)26-11-7-13-28(35-31(40)24-14-16-34-17-15-24)30(26)43-29(21)19-37(3)33(42)36-27-12-6-9-23-8-4-5-10-25(23)27/h4-17,21-22,29,39H,18-20H2,1-3H3,(H,35,40)(H,36,42)/t21-,22+,29+/m1/s1. The molecule has 4 amide bonds. The van der Waals surface area contributed by atoms with Crippen LogP contribution in [0.4, 0.5) is 16.2 Å². The van der Waals surface area contributed by atoms with E-state index in [1.165, 1.54) is 12.4 Å². The van der Waals surface area contributed by atoms with Crippen molar-refractivity contribution in [1.82, 2.24) is 14.8 Å². The number of aliphatic hydroxyl groups excluding tert-OH is 1. The number of hydrogen-bond donors (Lipinski definition) is 3. The first-order valence-electron chi connectivity index (χ1n) is 14.2. The Labute approximate surface area is 250 Å². The van der Waals surface area contributed by atoms with Crippen LogP contribution in [0.15, 0.2) is 85.2 Å². The van der Waals surface area contributed by atoms with Gasteiger partial charge < -0.3 is 30.3 Å². The van der Waals surface area contributed by atoms with Crippen molar-refractivity contribution in [1.29, 1.82) is 0 Å². The number of ether oxygens (including phenoxy) is 1. The minimum absolute atomic E-state index is 0.194. The molecule has 2 heterocycles. The van der Waals surface area contributed by atoms with Gasteiger partial charge in [0.2, 0.25) is 0 Å². The van der Waals surface area contributed by atoms with Crippen LogP contribution < -0.4 is 15.4 Å². The number of benzene rings is 3. The molecule has 0 unspecified atom stereocenters. The normalized spacial score (nSPS) is 17.2. The zero-order chi connectivity index (χ0) is 30.5. The lowest BCUT2D eigenvalue weighted by Gasteiger charge is -2.38. The number of carbonyl (C=O) groups excluding carboxylic acids is 3. The fraction of sp³-hybridized carbons (Fsp3) is 0.273. The number of nitrogens with one attached hydrogen (secondary N) is 2. The third-order valence-electron chi connectivity index (χ3n) is 7.71. The second-order valence-corrected chi connectivity index (χ2v) is 10.8. The van der Waals surface area contributed by atoms with Gasteiger partial charge in [0.25, 0.3) is 11.8 Å². The van der Waals surface area contributed by atoms with Crippen molar-refractivity contribution >= 4 is 40.0 Å². The molecule has 10 nitrogen and oxygen atoms in total. The van der Waals surface area contributed by atoms with Crippen LogP contribution in [0.2, 0.25) is 0 Å². The lowest BCUT2D eigenvalue weighted by molar-refractivity contribution is 0.0372. The van der Waals surface area contributed by atoms with Crippen molar-refractivity contribution in [3.8, 4) is 5.75 Å². The summed E-state index contributed by atoms with van der Waals surface area (Å²) in [5.41, 5.74) is 1.68. The summed E-state index contributed by atoms with van der Waals surface area (Å²) in [6.45, 7) is 4.00. The molecule has 0 aliphatic carbocycles. The minimum atomic E-state index is -0.553. The number of aliphatic hydroxyl groups is 1. The zero-order valence-corrected chi connectivity index (χ0v) is 24.4. The monoisotopic (exact) mass is 581 g/mol. The van der Waals surface area contributed by atoms with Gasteiger partial charge in [0.05, 0.1) is 36.1 Å². The molecule has 222 valence electrons. The third kappa shape index (κ3) is 6.44. The van der Waals surface area contributed by atoms with Crippen LogP contribution >= 0.6 is 0 Å². The molecule has 0 saturated heterocycles. The Balaban J connectivity index is 1.44. The molecule has 5 rings (SSSR count). The fourth-order valence-electron chi connectivity index (χ4n) is 5.16. The molecule has 1 aromatic heterocycles. The number of hydrogen-bond acceptors (Lipinski definition) is 6. The smallest absolute Gasteiger partial charge is 0.321 e. The molecule has 1 aliphatic heterocycles. The van der Waals surface area contributed by atoms with Gasteiger partial charge in [0.15, 0.2) is 5.75 Å². The van der Waals surface area contributed by atoms with Crippen molar-refractivity contribution < 1.29 is 24.2 Å². The number of pyridine rings is 1. The summed E-state index contributed by atoms with van der Waals surface area (Å²) < 4.78 is 6.53. The number of aromatic nitrogens is 1. The molecule has 3 N–H and O–H groups in total. The predicted molar refractivity (Wildman–Crippen MR) is 165 cm³/mol. The number of likely N-dealkylation sites (N-methyl/N-ethyl adjacent to an activating group) is 1. The van der Waals surface area contributed by atoms with Gasteiger partial charge in [0, 0.05) is 42.9 Å². The van der Waals surface area contributed by atoms with E-state index in [2.05, 4.69) is 15.6 Å². The number of carbonyl (C=O) groups is 3. The lowest BCUT2D eigenvalue weighted by Crippen LogP contribution is -2.50. The minimum Gasteiger partial charge on any atom is -0.485 e. The topological polar surface area (TPSA) is 124 Å². The first-order valence-corrected chi connectivity index (χ1v) is 14.2. The van der Waals surface area contributed by atoms with E-state index in [1.54, 1.807) is 54.1 Å². The van der Waals surface area contributed by atoms with E-state index in [1.807, 2.05) is 49.4 Å². The molecule has 0 saturated carbocycles. The molecule has 0 bridgehead atoms. The van der Waals surface area contributed by atoms with Crippen LogP contribution in [0.3, 0.4) is 0 Å². The number of rotatable bonds is 7. The Kier molecular flexibility index (Phi) is 8.87. The summed E-state index contributed by atoms with van der Waals surface area (Å²) in [5, 5.41) is 17.8. The third-order valence-corrected chi connectivity index (χ3v) is 7.71. The quantitative estimate of drug-likeness (QED) is 0.286. The molecular formula is C33H35N5O5. The first kappa shape index (κ1) is 29.5. The SMILES string of the molecule is C[C@@H]1CN([C@@H](C)CO)C(=O)c2cccc(NC(=O)c3ccncc3)c2O[C@H]1CN(C)C(=O)Nc1cccc2ccccc12. The summed E-state index contributed by atoms with van der Waals surface area (Å²) in [7, 11) is 1.69. The molecule has 3 atom stereocenters. The van der Waals surface area contributed by atoms with Gasteiger partial charge in [-0.1, -0.05) is 49.4 Å². The summed E-state index contributed by atoms with van der Waals surface area (Å²) in [6, 6.07) is 21.0. The van der Waals surface area contributed by atoms with Crippen molar-refractivity contribution in [3.63, 3.8) is 0 Å². The molecule has 0 radical (unpaired) electrons. The molecule has 0 fully saturated rings. The van der Waals surface area contributed by atoms with Crippen LogP contribution in [0.1, 0.15) is 34.6 Å². The van der Waals surface area contributed by atoms with Crippen LogP contribution in [-0.2, 0) is 0 Å². The van der Waals surface area contributed by atoms with Crippen LogP contribution in [-0.4, -0.2) is 76.6 Å². The Hall–Kier alpha value is -4.96. The Bertz CT molecular complexity index is 1620. The van der Waals surface area contributed by atoms with E-state index in [9.17, 15) is 19.5 Å². The van der Waals surface area contributed by atoms with Crippen molar-refractivity contribution in [2.45, 2.75) is 26.0 Å². The zero-order valence-electron chi connectivity index (χ0n) is 24.4. The molecule has 1 aliphatic rings. The van der Waals surface area contributed by atoms with E-state index in [0.717, 1.165) is 10.8 Å². The van der Waals surface area contributed by atoms with Crippen molar-refractivity contribution in [2.75, 3.05) is 37.4 Å². The molecule has 3 aromatic carbocycles. The number of urea groups is 1. The van der Waals surface area contributed by atoms with Gasteiger partial charge in [-0.3, -0.25) is 14.6 Å². The van der Waals surface area contributed by atoms with Crippen LogP contribution in [0.25, 0.3) is 10.8 Å². The van der Waals surface area contributed by atoms with Crippen LogP contribution in [0.5, 0.6) is 5.75 Å². The number of amides is 4. The Morgan fingerprint density at radius 2 is 1.72 bits per heavy atom. The second kappa shape index (κ2) is 12.9. The van der Waals surface area contributed by atoms with E-state index >= 15 is 0 Å². The maximum absolute atomic E-state index is 13.7. The van der Waals surface area contributed by atoms with E-state index in [4.69, 9.17) is 4.74 Å². The maximum atomic E-state index is 13.7. The Morgan fingerprint density at radius 1 is 1.02 bits per heavy atom. The van der Waals surface area contributed by atoms with Gasteiger partial charge >= 0.3 is 6.03 Å². The molecule has 4 aromatic rings. The number of para-hydroxylation sites is 1. The second-order valence-electron chi connectivity index (χ2n) is 10.8. The molecule has 43 heavy (non-hydrogen) atoms. The maximum Gasteiger partial charge on any atom is 0.321 e. The highest BCUT2D eigenvalue weighted by atomic mass is 16.5. The van der Waals surface area contributed by atoms with Crippen molar-refractivity contribution in [3.05, 3.63) is 96.3 Å². The van der Waals surface area contributed by atoms with Gasteiger partial charge in [-0.05, 0) is 42.6 Å². The summed E-state index contributed by atoms with van der Waals surface area (Å²) >= 11 is 0. The highest BCUT2D eigenvalue weighted by Crippen LogP contribution is 2.35. The van der Waals surface area contributed by atoms with E-state index in [0.29, 0.717) is 23.5 Å². The molecule has 0 spiro atoms. The summed E-state index contributed by atoms with van der Waals surface area (Å²) in [5.74, 6) is -0.720. The number of anilines is 2. The highest BCUT2D eigenvalue weighted by Gasteiger charge is 2.35. The summed E-state index contributed by atoms with van der Waals surface area (Å²) in [6.07, 6.45) is 2.49. The van der Waals surface area contributed by atoms with Gasteiger partial charge in [-0.25, -0.2) is 4.79 Å². The lowest BCUT2D eigenvalue weighted by atomic mass is 9.99. The Morgan fingerprint density at radius 3 is 2.49 bits per heavy atom. The first-order chi connectivity index (χ1) is 20.8. The molecule has 10 heteroatoms. The van der Waals surface area contributed by atoms with Gasteiger partial charge in [-0.2, -0.15) is 0 Å². The predicted octanol–water partition coefficient (Wildman–Crippen LogP) is 4.87. The van der Waals surface area contributed by atoms with Crippen molar-refractivity contribution in [2.24, 2.45) is 5.92 Å². The van der Waals surface area contributed by atoms with Gasteiger partial charge in [0.1, 0.15) is 6.10 Å². The number of nitrogens with zero attached hydrogens (tertiary/aromatic N) is 3. The van der Waals surface area contributed by atoms with E-state index in [-0.39, 0.29) is 48.2 Å². The molecular weight excluding hydrogens is 546 g/mol.